The maximum atomic E-state index is 12.0. The first-order valence-electron chi connectivity index (χ1n) is 4.88. The van der Waals surface area contributed by atoms with Gasteiger partial charge in [0, 0.05) is 12.5 Å². The summed E-state index contributed by atoms with van der Waals surface area (Å²) < 4.78 is 40.1. The molecule has 0 heterocycles. The molecule has 0 amide bonds. The number of alkyl halides is 3. The molecule has 0 saturated heterocycles. The fourth-order valence-electron chi connectivity index (χ4n) is 1.66. The smallest absolute Gasteiger partial charge is 0.453 e. The first-order valence-corrected chi connectivity index (χ1v) is 4.88. The Morgan fingerprint density at radius 3 is 2.62 bits per heavy atom. The molecule has 7 heteroatoms. The van der Waals surface area contributed by atoms with Crippen LogP contribution in [0.1, 0.15) is 26.2 Å². The molecule has 0 aromatic heterocycles. The largest absolute Gasteiger partial charge is 0.490 e. The lowest BCUT2D eigenvalue weighted by molar-refractivity contribution is -0.218. The summed E-state index contributed by atoms with van der Waals surface area (Å²) >= 11 is 0. The van der Waals surface area contributed by atoms with E-state index in [4.69, 9.17) is 5.73 Å². The molecule has 16 heavy (non-hydrogen) atoms. The number of esters is 1. The summed E-state index contributed by atoms with van der Waals surface area (Å²) in [5.74, 6) is -2.29. The molecule has 1 saturated carbocycles. The van der Waals surface area contributed by atoms with Crippen molar-refractivity contribution in [3.05, 3.63) is 0 Å². The maximum Gasteiger partial charge on any atom is 0.490 e. The van der Waals surface area contributed by atoms with E-state index < -0.39 is 23.9 Å². The van der Waals surface area contributed by atoms with Gasteiger partial charge in [-0.1, -0.05) is 0 Å². The second-order valence-corrected chi connectivity index (χ2v) is 4.28. The van der Waals surface area contributed by atoms with E-state index in [1.807, 2.05) is 0 Å². The van der Waals surface area contributed by atoms with E-state index in [1.165, 1.54) is 6.92 Å². The number of carbonyl (C=O) groups excluding carboxylic acids is 1. The lowest BCUT2D eigenvalue weighted by atomic mass is 9.81. The number of halogens is 3. The quantitative estimate of drug-likeness (QED) is 0.663. The van der Waals surface area contributed by atoms with Gasteiger partial charge >= 0.3 is 12.1 Å². The zero-order valence-corrected chi connectivity index (χ0v) is 8.75. The Morgan fingerprint density at radius 1 is 1.56 bits per heavy atom. The van der Waals surface area contributed by atoms with E-state index in [-0.39, 0.29) is 18.9 Å². The van der Waals surface area contributed by atoms with Crippen molar-refractivity contribution >= 4 is 5.97 Å². The monoisotopic (exact) mass is 241 g/mol. The molecular formula is C9H14F3NO3. The van der Waals surface area contributed by atoms with Gasteiger partial charge in [-0.3, -0.25) is 0 Å². The van der Waals surface area contributed by atoms with Gasteiger partial charge in [-0.15, -0.1) is 0 Å². The molecule has 0 radical (unpaired) electrons. The molecule has 0 unspecified atom stereocenters. The molecular weight excluding hydrogens is 227 g/mol. The third-order valence-electron chi connectivity index (χ3n) is 2.71. The second-order valence-electron chi connectivity index (χ2n) is 4.28. The van der Waals surface area contributed by atoms with Gasteiger partial charge in [-0.2, -0.15) is 13.2 Å². The molecule has 94 valence electrons. The van der Waals surface area contributed by atoms with Crippen LogP contribution in [0, 0.1) is 0 Å². The Labute approximate surface area is 90.6 Å². The maximum absolute atomic E-state index is 12.0. The zero-order chi connectivity index (χ0) is 12.6. The van der Waals surface area contributed by atoms with E-state index >= 15 is 0 Å². The molecule has 1 rings (SSSR count). The van der Waals surface area contributed by atoms with Crippen molar-refractivity contribution in [1.82, 2.24) is 0 Å². The fraction of sp³-hybridized carbons (Fsp3) is 0.889. The summed E-state index contributed by atoms with van der Waals surface area (Å²) in [5.41, 5.74) is 4.10. The highest BCUT2D eigenvalue weighted by molar-refractivity contribution is 5.75. The molecule has 4 nitrogen and oxygen atoms in total. The predicted molar refractivity (Wildman–Crippen MR) is 48.4 cm³/mol. The summed E-state index contributed by atoms with van der Waals surface area (Å²) in [7, 11) is 0. The minimum atomic E-state index is -5.04. The predicted octanol–water partition coefficient (Wildman–Crippen LogP) is 0.723. The average Bonchev–Trinajstić information content (AvgIpc) is 2.10. The standard InChI is InChI=1S/C9H14F3NO3/c1-8(15)3-2-5(13)4-6(8)16-7(14)9(10,11)12/h5-6,15H,2-4,13H2,1H3/t5-,6-,8-/m1/s1. The van der Waals surface area contributed by atoms with Crippen LogP contribution in [0.5, 0.6) is 0 Å². The highest BCUT2D eigenvalue weighted by Gasteiger charge is 2.47. The number of carbonyl (C=O) groups is 1. The minimum absolute atomic E-state index is 0.0365. The lowest BCUT2D eigenvalue weighted by Crippen LogP contribution is -2.51. The third kappa shape index (κ3) is 3.08. The molecule has 0 spiro atoms. The molecule has 1 fully saturated rings. The van der Waals surface area contributed by atoms with Crippen LogP contribution >= 0.6 is 0 Å². The van der Waals surface area contributed by atoms with Crippen molar-refractivity contribution < 1.29 is 27.8 Å². The van der Waals surface area contributed by atoms with Crippen LogP contribution in [-0.4, -0.2) is 35.0 Å². The number of ether oxygens (including phenoxy) is 1. The molecule has 0 aromatic rings. The number of hydrogen-bond donors (Lipinski definition) is 2. The van der Waals surface area contributed by atoms with Crippen LogP contribution in [0.15, 0.2) is 0 Å². The molecule has 1 aliphatic rings. The fourth-order valence-corrected chi connectivity index (χ4v) is 1.66. The number of nitrogens with two attached hydrogens (primary N) is 1. The zero-order valence-electron chi connectivity index (χ0n) is 8.75. The highest BCUT2D eigenvalue weighted by atomic mass is 19.4. The Morgan fingerprint density at radius 2 is 2.12 bits per heavy atom. The molecule has 0 bridgehead atoms. The lowest BCUT2D eigenvalue weighted by Gasteiger charge is -2.38. The first kappa shape index (κ1) is 13.2. The van der Waals surface area contributed by atoms with Crippen molar-refractivity contribution in [2.45, 2.75) is 50.1 Å². The third-order valence-corrected chi connectivity index (χ3v) is 2.71. The minimum Gasteiger partial charge on any atom is -0.453 e. The Hall–Kier alpha value is -0.820. The summed E-state index contributed by atoms with van der Waals surface area (Å²) in [5, 5.41) is 9.77. The first-order chi connectivity index (χ1) is 7.13. The van der Waals surface area contributed by atoms with Gasteiger partial charge in [-0.05, 0) is 19.8 Å². The van der Waals surface area contributed by atoms with Crippen LogP contribution in [0.25, 0.3) is 0 Å². The van der Waals surface area contributed by atoms with Gasteiger partial charge in [0.25, 0.3) is 0 Å². The Kier molecular flexibility index (Phi) is 3.49. The van der Waals surface area contributed by atoms with Crippen molar-refractivity contribution in [1.29, 1.82) is 0 Å². The van der Waals surface area contributed by atoms with Crippen molar-refractivity contribution in [2.24, 2.45) is 5.73 Å². The summed E-state index contributed by atoms with van der Waals surface area (Å²) in [6, 6.07) is -0.355. The van der Waals surface area contributed by atoms with E-state index in [1.54, 1.807) is 0 Å². The SMILES string of the molecule is C[C@@]1(O)CC[C@@H](N)C[C@H]1OC(=O)C(F)(F)F. The van der Waals surface area contributed by atoms with Crippen molar-refractivity contribution in [3.63, 3.8) is 0 Å². The van der Waals surface area contributed by atoms with Gasteiger partial charge in [0.2, 0.25) is 0 Å². The Balaban J connectivity index is 2.67. The normalized spacial score (nSPS) is 35.9. The summed E-state index contributed by atoms with van der Waals surface area (Å²) in [6.07, 6.45) is -5.51. The van der Waals surface area contributed by atoms with Gasteiger partial charge < -0.3 is 15.6 Å². The average molecular weight is 241 g/mol. The molecule has 0 aromatic carbocycles. The van der Waals surface area contributed by atoms with E-state index in [0.717, 1.165) is 0 Å². The number of aliphatic hydroxyl groups is 1. The van der Waals surface area contributed by atoms with E-state index in [2.05, 4.69) is 4.74 Å². The van der Waals surface area contributed by atoms with E-state index in [0.29, 0.717) is 6.42 Å². The van der Waals surface area contributed by atoms with Crippen LogP contribution in [0.2, 0.25) is 0 Å². The number of rotatable bonds is 1. The van der Waals surface area contributed by atoms with E-state index in [9.17, 15) is 23.1 Å². The topological polar surface area (TPSA) is 72.6 Å². The number of hydrogen-bond acceptors (Lipinski definition) is 4. The summed E-state index contributed by atoms with van der Waals surface area (Å²) in [6.45, 7) is 1.34. The Bertz CT molecular complexity index is 278. The van der Waals surface area contributed by atoms with Crippen LogP contribution < -0.4 is 5.73 Å². The van der Waals surface area contributed by atoms with Crippen molar-refractivity contribution in [3.8, 4) is 0 Å². The van der Waals surface area contributed by atoms with Crippen LogP contribution in [0.3, 0.4) is 0 Å². The van der Waals surface area contributed by atoms with Gasteiger partial charge in [0.15, 0.2) is 0 Å². The molecule has 1 aliphatic carbocycles. The van der Waals surface area contributed by atoms with Gasteiger partial charge in [0.1, 0.15) is 6.10 Å². The highest BCUT2D eigenvalue weighted by Crippen LogP contribution is 2.31. The van der Waals surface area contributed by atoms with Crippen LogP contribution in [0.4, 0.5) is 13.2 Å². The van der Waals surface area contributed by atoms with Crippen molar-refractivity contribution in [2.75, 3.05) is 0 Å². The summed E-state index contributed by atoms with van der Waals surface area (Å²) in [4.78, 5) is 10.6. The molecule has 0 aliphatic heterocycles. The van der Waals surface area contributed by atoms with Gasteiger partial charge in [0.05, 0.1) is 5.60 Å². The second kappa shape index (κ2) is 4.21. The molecule has 3 N–H and O–H groups in total. The van der Waals surface area contributed by atoms with Gasteiger partial charge in [-0.25, -0.2) is 4.79 Å². The molecule has 3 atom stereocenters. The van der Waals surface area contributed by atoms with Crippen LogP contribution in [-0.2, 0) is 9.53 Å².